The largest absolute Gasteiger partial charge is 0.416 e. The first kappa shape index (κ1) is 19.6. The van der Waals surface area contributed by atoms with Crippen LogP contribution in [0.15, 0.2) is 29.2 Å². The quantitative estimate of drug-likeness (QED) is 0.630. The summed E-state index contributed by atoms with van der Waals surface area (Å²) in [5.41, 5.74) is -0.917. The number of aromatic amines is 1. The van der Waals surface area contributed by atoms with Crippen LogP contribution in [0.1, 0.15) is 21.6 Å². The van der Waals surface area contributed by atoms with Crippen LogP contribution in [0.25, 0.3) is 22.0 Å². The molecule has 3 rings (SSSR count). The molecule has 0 saturated carbocycles. The molecule has 2 heterocycles. The Morgan fingerprint density at radius 2 is 2.00 bits per heavy atom. The summed E-state index contributed by atoms with van der Waals surface area (Å²) in [7, 11) is 1.43. The van der Waals surface area contributed by atoms with E-state index in [0.29, 0.717) is 11.1 Å². The summed E-state index contributed by atoms with van der Waals surface area (Å²) in [6.07, 6.45) is -3.29. The molecule has 0 bridgehead atoms. The Labute approximate surface area is 156 Å². The number of aliphatic hydroxyl groups is 1. The molecule has 1 amide bonds. The number of rotatable bonds is 4. The van der Waals surface area contributed by atoms with Gasteiger partial charge in [-0.25, -0.2) is 0 Å². The predicted molar refractivity (Wildman–Crippen MR) is 95.9 cm³/mol. The third-order valence-corrected chi connectivity index (χ3v) is 4.53. The van der Waals surface area contributed by atoms with Crippen LogP contribution in [0.4, 0.5) is 13.2 Å². The highest BCUT2D eigenvalue weighted by atomic mass is 19.4. The first-order chi connectivity index (χ1) is 13.1. The number of hydrogen-bond donors (Lipinski definition) is 3. The molecule has 3 N–H and O–H groups in total. The normalized spacial score (nSPS) is 11.8. The number of fused-ring (bicyclic) bond motifs is 1. The number of halogens is 3. The van der Waals surface area contributed by atoms with Gasteiger partial charge in [0, 0.05) is 30.2 Å². The van der Waals surface area contributed by atoms with Gasteiger partial charge in [0.25, 0.3) is 11.5 Å². The molecule has 0 aliphatic carbocycles. The summed E-state index contributed by atoms with van der Waals surface area (Å²) in [5, 5.41) is 17.9. The maximum absolute atomic E-state index is 13.3. The van der Waals surface area contributed by atoms with Gasteiger partial charge in [0.1, 0.15) is 0 Å². The second-order valence-electron chi connectivity index (χ2n) is 6.25. The van der Waals surface area contributed by atoms with Crippen molar-refractivity contribution in [1.82, 2.24) is 20.1 Å². The highest BCUT2D eigenvalue weighted by Crippen LogP contribution is 2.36. The molecule has 0 spiro atoms. The van der Waals surface area contributed by atoms with E-state index in [0.717, 1.165) is 12.1 Å². The average molecular weight is 394 g/mol. The number of pyridine rings is 1. The fraction of sp³-hybridized carbons (Fsp3) is 0.278. The molecular weight excluding hydrogens is 377 g/mol. The van der Waals surface area contributed by atoms with Gasteiger partial charge in [-0.05, 0) is 30.7 Å². The molecule has 0 saturated heterocycles. The second-order valence-corrected chi connectivity index (χ2v) is 6.25. The minimum Gasteiger partial charge on any atom is -0.395 e. The number of H-pyrrole nitrogens is 1. The first-order valence-electron chi connectivity index (χ1n) is 8.29. The van der Waals surface area contributed by atoms with Crippen molar-refractivity contribution in [3.63, 3.8) is 0 Å². The molecule has 7 nitrogen and oxygen atoms in total. The van der Waals surface area contributed by atoms with Crippen LogP contribution in [-0.4, -0.2) is 38.9 Å². The van der Waals surface area contributed by atoms with Crippen molar-refractivity contribution in [3.05, 3.63) is 51.6 Å². The summed E-state index contributed by atoms with van der Waals surface area (Å²) < 4.78 is 41.1. The van der Waals surface area contributed by atoms with Crippen molar-refractivity contribution in [1.29, 1.82) is 0 Å². The summed E-state index contributed by atoms with van der Waals surface area (Å²) in [6, 6.07) is 3.06. The van der Waals surface area contributed by atoms with Gasteiger partial charge in [0.2, 0.25) is 0 Å². The Balaban J connectivity index is 2.30. The molecule has 0 aliphatic rings. The smallest absolute Gasteiger partial charge is 0.395 e. The molecule has 0 fully saturated rings. The van der Waals surface area contributed by atoms with Crippen molar-refractivity contribution in [3.8, 4) is 11.1 Å². The fourth-order valence-electron chi connectivity index (χ4n) is 2.95. The maximum Gasteiger partial charge on any atom is 0.416 e. The third-order valence-electron chi connectivity index (χ3n) is 4.53. The molecule has 28 heavy (non-hydrogen) atoms. The van der Waals surface area contributed by atoms with E-state index < -0.39 is 23.2 Å². The Morgan fingerprint density at radius 1 is 1.29 bits per heavy atom. The molecule has 10 heteroatoms. The number of nitrogens with one attached hydrogen (secondary N) is 2. The van der Waals surface area contributed by atoms with E-state index in [1.807, 2.05) is 0 Å². The lowest BCUT2D eigenvalue weighted by atomic mass is 9.97. The molecule has 2 aromatic heterocycles. The number of aliphatic hydroxyl groups excluding tert-OH is 1. The lowest BCUT2D eigenvalue weighted by Crippen LogP contribution is -2.31. The summed E-state index contributed by atoms with van der Waals surface area (Å²) in [5.74, 6) is -0.543. The van der Waals surface area contributed by atoms with Crippen molar-refractivity contribution < 1.29 is 23.1 Å². The van der Waals surface area contributed by atoms with Gasteiger partial charge in [-0.3, -0.25) is 14.7 Å². The van der Waals surface area contributed by atoms with Gasteiger partial charge in [-0.2, -0.15) is 18.3 Å². The van der Waals surface area contributed by atoms with E-state index in [9.17, 15) is 22.8 Å². The van der Waals surface area contributed by atoms with Crippen LogP contribution in [-0.2, 0) is 13.2 Å². The lowest BCUT2D eigenvalue weighted by Gasteiger charge is -2.15. The lowest BCUT2D eigenvalue weighted by molar-refractivity contribution is -0.137. The van der Waals surface area contributed by atoms with Crippen LogP contribution in [0.3, 0.4) is 0 Å². The summed E-state index contributed by atoms with van der Waals surface area (Å²) >= 11 is 0. The topological polar surface area (TPSA) is 100 Å². The van der Waals surface area contributed by atoms with E-state index in [2.05, 4.69) is 15.5 Å². The fourth-order valence-corrected chi connectivity index (χ4v) is 2.95. The monoisotopic (exact) mass is 394 g/mol. The number of carbonyl (C=O) groups excluding carboxylic acids is 1. The standard InChI is InChI=1S/C18H17F3N4O3/c1-9-11(16(27)22-3-4-26)7-13(17(28)25(9)2)12-5-10(18(19,20)21)6-15-14(12)8-23-24-15/h5-8,26H,3-4H2,1-2H3,(H,22,27)(H,23,24). The second kappa shape index (κ2) is 7.12. The number of carbonyl (C=O) groups is 1. The highest BCUT2D eigenvalue weighted by molar-refractivity contribution is 5.99. The Hall–Kier alpha value is -3.14. The number of hydrogen-bond acceptors (Lipinski definition) is 4. The van der Waals surface area contributed by atoms with Gasteiger partial charge in [-0.1, -0.05) is 0 Å². The molecule has 1 aromatic carbocycles. The number of alkyl halides is 3. The minimum atomic E-state index is -4.62. The molecule has 0 aliphatic heterocycles. The SMILES string of the molecule is Cc1c(C(=O)NCCO)cc(-c2cc(C(F)(F)F)cc3[nH]ncc23)c(=O)n1C. The van der Waals surface area contributed by atoms with Crippen molar-refractivity contribution >= 4 is 16.8 Å². The van der Waals surface area contributed by atoms with Crippen LogP contribution in [0.2, 0.25) is 0 Å². The van der Waals surface area contributed by atoms with E-state index in [4.69, 9.17) is 5.11 Å². The van der Waals surface area contributed by atoms with E-state index in [1.165, 1.54) is 23.9 Å². The van der Waals surface area contributed by atoms with Crippen LogP contribution >= 0.6 is 0 Å². The highest BCUT2D eigenvalue weighted by Gasteiger charge is 2.32. The van der Waals surface area contributed by atoms with E-state index >= 15 is 0 Å². The Bertz CT molecular complexity index is 1120. The number of aromatic nitrogens is 3. The maximum atomic E-state index is 13.3. The molecule has 148 valence electrons. The zero-order valence-corrected chi connectivity index (χ0v) is 15.0. The van der Waals surface area contributed by atoms with Crippen LogP contribution < -0.4 is 10.9 Å². The van der Waals surface area contributed by atoms with Crippen molar-refractivity contribution in [2.24, 2.45) is 7.05 Å². The van der Waals surface area contributed by atoms with Crippen LogP contribution in [0, 0.1) is 6.92 Å². The third kappa shape index (κ3) is 3.38. The van der Waals surface area contributed by atoms with E-state index in [-0.39, 0.29) is 35.4 Å². The zero-order valence-electron chi connectivity index (χ0n) is 15.0. The van der Waals surface area contributed by atoms with Gasteiger partial charge < -0.3 is 15.0 Å². The summed E-state index contributed by atoms with van der Waals surface area (Å²) in [4.78, 5) is 25.2. The van der Waals surface area contributed by atoms with E-state index in [1.54, 1.807) is 6.92 Å². The van der Waals surface area contributed by atoms with Crippen molar-refractivity contribution in [2.75, 3.05) is 13.2 Å². The Morgan fingerprint density at radius 3 is 2.64 bits per heavy atom. The zero-order chi connectivity index (χ0) is 20.6. The molecular formula is C18H17F3N4O3. The molecule has 0 atom stereocenters. The minimum absolute atomic E-state index is 0.00593. The molecule has 0 unspecified atom stereocenters. The number of amides is 1. The van der Waals surface area contributed by atoms with Gasteiger partial charge >= 0.3 is 6.18 Å². The predicted octanol–water partition coefficient (Wildman–Crippen LogP) is 1.98. The first-order valence-corrected chi connectivity index (χ1v) is 8.29. The number of benzene rings is 1. The molecule has 3 aromatic rings. The van der Waals surface area contributed by atoms with Crippen molar-refractivity contribution in [2.45, 2.75) is 13.1 Å². The van der Waals surface area contributed by atoms with Crippen LogP contribution in [0.5, 0.6) is 0 Å². The average Bonchev–Trinajstić information content (AvgIpc) is 3.12. The van der Waals surface area contributed by atoms with Gasteiger partial charge in [0.15, 0.2) is 0 Å². The van der Waals surface area contributed by atoms with Gasteiger partial charge in [0.05, 0.1) is 29.4 Å². The Kier molecular flexibility index (Phi) is 4.99. The number of nitrogens with zero attached hydrogens (tertiary/aromatic N) is 2. The summed E-state index contributed by atoms with van der Waals surface area (Å²) in [6.45, 7) is 1.29. The van der Waals surface area contributed by atoms with Gasteiger partial charge in [-0.15, -0.1) is 0 Å². The molecule has 0 radical (unpaired) electrons.